The lowest BCUT2D eigenvalue weighted by Gasteiger charge is -2.15. The molecule has 18 heavy (non-hydrogen) atoms. The van der Waals surface area contributed by atoms with Crippen LogP contribution in [0, 0.1) is 0 Å². The number of rotatable bonds is 1. The van der Waals surface area contributed by atoms with E-state index in [9.17, 15) is 14.4 Å². The Kier molecular flexibility index (Phi) is 2.08. The lowest BCUT2D eigenvalue weighted by molar-refractivity contribution is -0.147. The fourth-order valence-corrected chi connectivity index (χ4v) is 2.27. The van der Waals surface area contributed by atoms with Crippen molar-refractivity contribution in [2.45, 2.75) is 18.9 Å². The Morgan fingerprint density at radius 1 is 1.33 bits per heavy atom. The maximum absolute atomic E-state index is 12.3. The summed E-state index contributed by atoms with van der Waals surface area (Å²) in [6, 6.07) is 4.60. The van der Waals surface area contributed by atoms with E-state index in [0.717, 1.165) is 0 Å². The van der Waals surface area contributed by atoms with Gasteiger partial charge in [-0.25, -0.2) is 4.79 Å². The minimum absolute atomic E-state index is 0.138. The number of hydrogen-bond donors (Lipinski definition) is 0. The van der Waals surface area contributed by atoms with E-state index in [-0.39, 0.29) is 24.4 Å². The van der Waals surface area contributed by atoms with Gasteiger partial charge < -0.3 is 9.47 Å². The van der Waals surface area contributed by atoms with Crippen molar-refractivity contribution in [2.75, 3.05) is 6.61 Å². The van der Waals surface area contributed by atoms with Crippen molar-refractivity contribution in [3.8, 4) is 5.75 Å². The monoisotopic (exact) mass is 246 g/mol. The fraction of sp³-hybridized carbons (Fsp3) is 0.308. The molecule has 1 aromatic carbocycles. The van der Waals surface area contributed by atoms with Gasteiger partial charge in [0.05, 0.1) is 12.2 Å². The highest BCUT2D eigenvalue weighted by atomic mass is 16.6. The Bertz CT molecular complexity index is 589. The van der Waals surface area contributed by atoms with Crippen LogP contribution in [0.2, 0.25) is 0 Å². The van der Waals surface area contributed by atoms with Gasteiger partial charge in [0.2, 0.25) is 5.78 Å². The van der Waals surface area contributed by atoms with E-state index in [0.29, 0.717) is 11.3 Å². The number of hydrogen-bond acceptors (Lipinski definition) is 5. The average Bonchev–Trinajstić information content (AvgIpc) is 2.83. The standard InChI is InChI=1S/C13H10O5/c1-7(14)8-2-3-10-9(6-8)11(15)13(18-10)4-5-17-12(13)16/h2-3,6H,4-5H2,1H3. The molecule has 2 aliphatic rings. The lowest BCUT2D eigenvalue weighted by atomic mass is 9.93. The summed E-state index contributed by atoms with van der Waals surface area (Å²) in [5.41, 5.74) is -0.812. The summed E-state index contributed by atoms with van der Waals surface area (Å²) in [5.74, 6) is -0.861. The first-order valence-electron chi connectivity index (χ1n) is 5.61. The maximum Gasteiger partial charge on any atom is 0.358 e. The zero-order valence-corrected chi connectivity index (χ0v) is 9.69. The fourth-order valence-electron chi connectivity index (χ4n) is 2.27. The molecule has 0 bridgehead atoms. The van der Waals surface area contributed by atoms with Crippen molar-refractivity contribution in [3.63, 3.8) is 0 Å². The van der Waals surface area contributed by atoms with E-state index < -0.39 is 17.4 Å². The molecular weight excluding hydrogens is 236 g/mol. The molecular formula is C13H10O5. The summed E-state index contributed by atoms with van der Waals surface area (Å²) >= 11 is 0. The van der Waals surface area contributed by atoms with Crippen LogP contribution in [0.1, 0.15) is 34.1 Å². The predicted octanol–water partition coefficient (Wildman–Crippen LogP) is 1.15. The number of benzene rings is 1. The largest absolute Gasteiger partial charge is 0.466 e. The van der Waals surface area contributed by atoms with Gasteiger partial charge in [-0.15, -0.1) is 0 Å². The van der Waals surface area contributed by atoms with Crippen molar-refractivity contribution in [1.82, 2.24) is 0 Å². The Labute approximate surface area is 103 Å². The average molecular weight is 246 g/mol. The molecule has 1 saturated heterocycles. The Balaban J connectivity index is 2.10. The van der Waals surface area contributed by atoms with Gasteiger partial charge in [0.1, 0.15) is 5.75 Å². The van der Waals surface area contributed by atoms with Gasteiger partial charge in [-0.3, -0.25) is 9.59 Å². The van der Waals surface area contributed by atoms with Crippen LogP contribution in [-0.2, 0) is 9.53 Å². The third-order valence-corrected chi connectivity index (χ3v) is 3.30. The number of ether oxygens (including phenoxy) is 2. The SMILES string of the molecule is CC(=O)c1ccc2c(c1)C(=O)C1(CCOC1=O)O2. The molecule has 5 heteroatoms. The Morgan fingerprint density at radius 2 is 2.11 bits per heavy atom. The van der Waals surface area contributed by atoms with Crippen LogP contribution < -0.4 is 4.74 Å². The molecule has 5 nitrogen and oxygen atoms in total. The molecule has 0 amide bonds. The number of fused-ring (bicyclic) bond motifs is 1. The van der Waals surface area contributed by atoms with Crippen LogP contribution in [0.5, 0.6) is 5.75 Å². The van der Waals surface area contributed by atoms with Gasteiger partial charge in [0.15, 0.2) is 5.78 Å². The first-order chi connectivity index (χ1) is 8.54. The molecule has 1 fully saturated rings. The number of Topliss-reactive ketones (excluding diaryl/α,β-unsaturated/α-hetero) is 2. The van der Waals surface area contributed by atoms with Gasteiger partial charge in [-0.1, -0.05) is 0 Å². The summed E-state index contributed by atoms with van der Waals surface area (Å²) in [6.45, 7) is 1.60. The molecule has 3 rings (SSSR count). The van der Waals surface area contributed by atoms with Crippen molar-refractivity contribution in [1.29, 1.82) is 0 Å². The topological polar surface area (TPSA) is 69.7 Å². The molecule has 1 spiro atoms. The highest BCUT2D eigenvalue weighted by Crippen LogP contribution is 2.40. The van der Waals surface area contributed by atoms with Crippen LogP contribution >= 0.6 is 0 Å². The van der Waals surface area contributed by atoms with Crippen molar-refractivity contribution < 1.29 is 23.9 Å². The zero-order chi connectivity index (χ0) is 12.9. The van der Waals surface area contributed by atoms with E-state index in [2.05, 4.69) is 0 Å². The van der Waals surface area contributed by atoms with Gasteiger partial charge in [0.25, 0.3) is 5.60 Å². The predicted molar refractivity (Wildman–Crippen MR) is 59.7 cm³/mol. The minimum atomic E-state index is -1.52. The Morgan fingerprint density at radius 3 is 2.72 bits per heavy atom. The lowest BCUT2D eigenvalue weighted by Crippen LogP contribution is -2.44. The number of ketones is 2. The highest BCUT2D eigenvalue weighted by Gasteiger charge is 2.58. The van der Waals surface area contributed by atoms with Crippen LogP contribution in [0.15, 0.2) is 18.2 Å². The first kappa shape index (κ1) is 11.0. The maximum atomic E-state index is 12.3. The second-order valence-corrected chi connectivity index (χ2v) is 4.41. The molecule has 1 atom stereocenters. The van der Waals surface area contributed by atoms with Gasteiger partial charge in [-0.2, -0.15) is 0 Å². The summed E-state index contributed by atoms with van der Waals surface area (Å²) in [7, 11) is 0. The second kappa shape index (κ2) is 3.41. The minimum Gasteiger partial charge on any atom is -0.466 e. The number of carbonyl (C=O) groups is 3. The molecule has 2 aliphatic heterocycles. The van der Waals surface area contributed by atoms with Gasteiger partial charge in [-0.05, 0) is 25.1 Å². The molecule has 0 aromatic heterocycles. The zero-order valence-electron chi connectivity index (χ0n) is 9.69. The van der Waals surface area contributed by atoms with E-state index in [1.165, 1.54) is 13.0 Å². The molecule has 2 heterocycles. The molecule has 1 unspecified atom stereocenters. The van der Waals surface area contributed by atoms with Crippen molar-refractivity contribution in [2.24, 2.45) is 0 Å². The van der Waals surface area contributed by atoms with Crippen LogP contribution in [0.25, 0.3) is 0 Å². The van der Waals surface area contributed by atoms with Crippen LogP contribution in [0.4, 0.5) is 0 Å². The second-order valence-electron chi connectivity index (χ2n) is 4.41. The van der Waals surface area contributed by atoms with Gasteiger partial charge >= 0.3 is 5.97 Å². The smallest absolute Gasteiger partial charge is 0.358 e. The van der Waals surface area contributed by atoms with Crippen LogP contribution in [-0.4, -0.2) is 29.7 Å². The highest BCUT2D eigenvalue weighted by molar-refractivity contribution is 6.20. The van der Waals surface area contributed by atoms with E-state index in [1.54, 1.807) is 12.1 Å². The molecule has 0 radical (unpaired) electrons. The molecule has 92 valence electrons. The van der Waals surface area contributed by atoms with E-state index in [4.69, 9.17) is 9.47 Å². The number of esters is 1. The van der Waals surface area contributed by atoms with Crippen LogP contribution in [0.3, 0.4) is 0 Å². The summed E-state index contributed by atoms with van der Waals surface area (Å²) < 4.78 is 10.3. The van der Waals surface area contributed by atoms with Crippen molar-refractivity contribution >= 4 is 17.5 Å². The quantitative estimate of drug-likeness (QED) is 0.422. The molecule has 0 saturated carbocycles. The number of carbonyl (C=O) groups excluding carboxylic acids is 3. The van der Waals surface area contributed by atoms with E-state index >= 15 is 0 Å². The third-order valence-electron chi connectivity index (χ3n) is 3.30. The summed E-state index contributed by atoms with van der Waals surface area (Å²) in [4.78, 5) is 35.2. The van der Waals surface area contributed by atoms with Crippen molar-refractivity contribution in [3.05, 3.63) is 29.3 Å². The Hall–Kier alpha value is -2.17. The molecule has 0 N–H and O–H groups in total. The third kappa shape index (κ3) is 1.24. The van der Waals surface area contributed by atoms with Gasteiger partial charge in [0, 0.05) is 12.0 Å². The normalized spacial score (nSPS) is 24.9. The summed E-state index contributed by atoms with van der Waals surface area (Å²) in [6.07, 6.45) is 0.217. The molecule has 1 aromatic rings. The first-order valence-corrected chi connectivity index (χ1v) is 5.61. The summed E-state index contributed by atoms with van der Waals surface area (Å²) in [5, 5.41) is 0. The molecule has 0 aliphatic carbocycles. The van der Waals surface area contributed by atoms with E-state index in [1.807, 2.05) is 0 Å². The number of cyclic esters (lactones) is 1.